The number of urea groups is 1. The maximum atomic E-state index is 15.4. The van der Waals surface area contributed by atoms with Crippen molar-refractivity contribution in [1.29, 1.82) is 0 Å². The van der Waals surface area contributed by atoms with E-state index in [9.17, 15) is 9.59 Å². The Morgan fingerprint density at radius 1 is 0.978 bits per heavy atom. The number of fused-ring (bicyclic) bond motifs is 1. The average molecular weight is 635 g/mol. The molecule has 6 rings (SSSR count). The third kappa shape index (κ3) is 6.80. The predicted octanol–water partition coefficient (Wildman–Crippen LogP) is 5.90. The van der Waals surface area contributed by atoms with Crippen LogP contribution in [0.4, 0.5) is 14.9 Å². The van der Waals surface area contributed by atoms with E-state index < -0.39 is 17.8 Å². The monoisotopic (exact) mass is 634 g/mol. The zero-order chi connectivity index (χ0) is 31.3. The molecule has 4 aromatic rings. The van der Waals surface area contributed by atoms with E-state index in [1.165, 1.54) is 17.0 Å². The van der Waals surface area contributed by atoms with Crippen LogP contribution in [0.5, 0.6) is 23.0 Å². The van der Waals surface area contributed by atoms with E-state index in [1.54, 1.807) is 55.8 Å². The lowest BCUT2D eigenvalue weighted by molar-refractivity contribution is -0.116. The topological polar surface area (TPSA) is 93.7 Å². The Kier molecular flexibility index (Phi) is 9.29. The number of hydrogen-bond acceptors (Lipinski definition) is 8. The van der Waals surface area contributed by atoms with Crippen LogP contribution in [0.15, 0.2) is 66.9 Å². The van der Waals surface area contributed by atoms with Crippen molar-refractivity contribution in [2.75, 3.05) is 58.0 Å². The summed E-state index contributed by atoms with van der Waals surface area (Å²) < 4.78 is 38.4. The first-order valence-electron chi connectivity index (χ1n) is 14.6. The summed E-state index contributed by atoms with van der Waals surface area (Å²) in [5, 5.41) is 1.09. The summed E-state index contributed by atoms with van der Waals surface area (Å²) in [6.07, 6.45) is 2.41. The largest absolute Gasteiger partial charge is 0.493 e. The van der Waals surface area contributed by atoms with E-state index >= 15 is 4.39 Å². The maximum Gasteiger partial charge on any atom is 0.332 e. The summed E-state index contributed by atoms with van der Waals surface area (Å²) in [5.41, 5.74) is 1.40. The molecule has 0 N–H and O–H groups in total. The van der Waals surface area contributed by atoms with Gasteiger partial charge < -0.3 is 23.8 Å². The van der Waals surface area contributed by atoms with Gasteiger partial charge in [0.05, 0.1) is 38.1 Å². The fourth-order valence-corrected chi connectivity index (χ4v) is 5.57. The molecule has 3 heterocycles. The van der Waals surface area contributed by atoms with Gasteiger partial charge in [-0.15, -0.1) is 0 Å². The highest BCUT2D eigenvalue weighted by molar-refractivity contribution is 6.31. The molecule has 0 atom stereocenters. The van der Waals surface area contributed by atoms with Gasteiger partial charge in [0.1, 0.15) is 12.3 Å². The molecule has 10 nitrogen and oxygen atoms in total. The molecule has 2 aliphatic rings. The molecule has 45 heavy (non-hydrogen) atoms. The molecule has 0 saturated carbocycles. The molecule has 0 spiro atoms. The SMILES string of the molecule is COc1cc2c(Oc3ccc(N4C(=O)CN(Cc5ccccc5Cl)C4=O)cc3F)ccnc2cc1OCCCN1CCOCC1. The molecule has 2 saturated heterocycles. The summed E-state index contributed by atoms with van der Waals surface area (Å²) in [6.45, 7) is 4.79. The van der Waals surface area contributed by atoms with E-state index in [2.05, 4.69) is 9.88 Å². The minimum atomic E-state index is -0.741. The number of ether oxygens (including phenoxy) is 4. The quantitative estimate of drug-likeness (QED) is 0.149. The van der Waals surface area contributed by atoms with Crippen LogP contribution in [-0.2, 0) is 16.1 Å². The second-order valence-electron chi connectivity index (χ2n) is 10.7. The van der Waals surface area contributed by atoms with Crippen molar-refractivity contribution in [2.45, 2.75) is 13.0 Å². The van der Waals surface area contributed by atoms with Crippen molar-refractivity contribution < 1.29 is 32.9 Å². The molecule has 12 heteroatoms. The van der Waals surface area contributed by atoms with E-state index in [0.29, 0.717) is 45.3 Å². The first-order valence-corrected chi connectivity index (χ1v) is 15.0. The molecule has 3 amide bonds. The molecule has 0 bridgehead atoms. The molecular formula is C33H32ClFN4O6. The third-order valence-electron chi connectivity index (χ3n) is 7.72. The van der Waals surface area contributed by atoms with Crippen LogP contribution in [0.2, 0.25) is 5.02 Å². The van der Waals surface area contributed by atoms with Gasteiger partial charge in [0.15, 0.2) is 23.1 Å². The standard InChI is InChI=1S/C33H32ClFN4O6/c1-42-30-18-24-27(19-31(30)44-14-4-11-37-12-15-43-16-13-37)36-10-9-28(24)45-29-8-7-23(17-26(29)35)39-32(40)21-38(33(39)41)20-22-5-2-3-6-25(22)34/h2-3,5-10,17-19H,4,11-16,20-21H2,1H3. The van der Waals surface area contributed by atoms with Crippen molar-refractivity contribution in [2.24, 2.45) is 0 Å². The molecule has 0 radical (unpaired) electrons. The lowest BCUT2D eigenvalue weighted by atomic mass is 10.1. The van der Waals surface area contributed by atoms with Crippen LogP contribution in [0.1, 0.15) is 12.0 Å². The number of hydrogen-bond donors (Lipinski definition) is 0. The van der Waals surface area contributed by atoms with E-state index in [1.807, 2.05) is 0 Å². The van der Waals surface area contributed by atoms with Gasteiger partial charge in [0.25, 0.3) is 5.91 Å². The van der Waals surface area contributed by atoms with Crippen LogP contribution in [0.3, 0.4) is 0 Å². The van der Waals surface area contributed by atoms with Gasteiger partial charge in [-0.2, -0.15) is 0 Å². The van der Waals surface area contributed by atoms with Crippen molar-refractivity contribution in [3.05, 3.63) is 83.3 Å². The van der Waals surface area contributed by atoms with E-state index in [-0.39, 0.29) is 24.5 Å². The number of imide groups is 1. The minimum Gasteiger partial charge on any atom is -0.493 e. The third-order valence-corrected chi connectivity index (χ3v) is 8.09. The number of carbonyl (C=O) groups excluding carboxylic acids is 2. The fourth-order valence-electron chi connectivity index (χ4n) is 5.37. The number of carbonyl (C=O) groups is 2. The van der Waals surface area contributed by atoms with Crippen molar-refractivity contribution in [3.8, 4) is 23.0 Å². The molecule has 3 aromatic carbocycles. The highest BCUT2D eigenvalue weighted by Gasteiger charge is 2.37. The molecule has 0 aliphatic carbocycles. The lowest BCUT2D eigenvalue weighted by Crippen LogP contribution is -2.37. The van der Waals surface area contributed by atoms with Crippen molar-refractivity contribution in [3.63, 3.8) is 0 Å². The molecular weight excluding hydrogens is 603 g/mol. The number of benzene rings is 3. The van der Waals surface area contributed by atoms with Gasteiger partial charge in [-0.1, -0.05) is 29.8 Å². The zero-order valence-corrected chi connectivity index (χ0v) is 25.5. The van der Waals surface area contributed by atoms with Crippen molar-refractivity contribution in [1.82, 2.24) is 14.8 Å². The first-order chi connectivity index (χ1) is 21.9. The number of morpholine rings is 1. The van der Waals surface area contributed by atoms with Gasteiger partial charge >= 0.3 is 6.03 Å². The highest BCUT2D eigenvalue weighted by Crippen LogP contribution is 2.38. The number of pyridine rings is 1. The molecule has 1 aromatic heterocycles. The summed E-state index contributed by atoms with van der Waals surface area (Å²) >= 11 is 6.23. The molecule has 0 unspecified atom stereocenters. The van der Waals surface area contributed by atoms with Crippen molar-refractivity contribution >= 4 is 40.1 Å². The number of halogens is 2. The Labute approximate surface area is 264 Å². The smallest absolute Gasteiger partial charge is 0.332 e. The Bertz CT molecular complexity index is 1720. The summed E-state index contributed by atoms with van der Waals surface area (Å²) in [6, 6.07) is 15.6. The Balaban J connectivity index is 1.15. The minimum absolute atomic E-state index is 0.0827. The second kappa shape index (κ2) is 13.7. The Morgan fingerprint density at radius 3 is 2.58 bits per heavy atom. The predicted molar refractivity (Wildman–Crippen MR) is 167 cm³/mol. The van der Waals surface area contributed by atoms with Crippen LogP contribution in [0.25, 0.3) is 10.9 Å². The number of aromatic nitrogens is 1. The molecule has 234 valence electrons. The van der Waals surface area contributed by atoms with Gasteiger partial charge in [0, 0.05) is 54.9 Å². The van der Waals surface area contributed by atoms with Crippen LogP contribution < -0.4 is 19.1 Å². The summed E-state index contributed by atoms with van der Waals surface area (Å²) in [5.74, 6) is 0.107. The Hall–Kier alpha value is -4.45. The van der Waals surface area contributed by atoms with E-state index in [4.69, 9.17) is 30.5 Å². The highest BCUT2D eigenvalue weighted by atomic mass is 35.5. The maximum absolute atomic E-state index is 15.4. The average Bonchev–Trinajstić information content (AvgIpc) is 3.33. The normalized spacial score (nSPS) is 15.6. The fraction of sp³-hybridized carbons (Fsp3) is 0.303. The number of rotatable bonds is 11. The number of anilines is 1. The van der Waals surface area contributed by atoms with Crippen LogP contribution in [-0.4, -0.2) is 79.8 Å². The Morgan fingerprint density at radius 2 is 1.80 bits per heavy atom. The second-order valence-corrected chi connectivity index (χ2v) is 11.1. The summed E-state index contributed by atoms with van der Waals surface area (Å²) in [4.78, 5) is 35.0. The molecule has 2 aliphatic heterocycles. The van der Waals surface area contributed by atoms with Gasteiger partial charge in [-0.25, -0.2) is 14.1 Å². The van der Waals surface area contributed by atoms with Gasteiger partial charge in [0.2, 0.25) is 0 Å². The number of nitrogens with zero attached hydrogens (tertiary/aromatic N) is 4. The first kappa shape index (κ1) is 30.6. The molecule has 2 fully saturated rings. The van der Waals surface area contributed by atoms with E-state index in [0.717, 1.165) is 50.2 Å². The van der Waals surface area contributed by atoms with Gasteiger partial charge in [-0.05, 0) is 42.3 Å². The van der Waals surface area contributed by atoms with Crippen LogP contribution >= 0.6 is 11.6 Å². The zero-order valence-electron chi connectivity index (χ0n) is 24.7. The lowest BCUT2D eigenvalue weighted by Gasteiger charge is -2.26. The number of methoxy groups -OCH3 is 1. The van der Waals surface area contributed by atoms with Gasteiger partial charge in [-0.3, -0.25) is 14.7 Å². The summed E-state index contributed by atoms with van der Waals surface area (Å²) in [7, 11) is 1.55. The number of amides is 3. The van der Waals surface area contributed by atoms with Crippen LogP contribution in [0, 0.1) is 5.82 Å².